The minimum absolute atomic E-state index is 0.116. The van der Waals surface area contributed by atoms with Crippen molar-refractivity contribution < 1.29 is 22.0 Å². The predicted octanol–water partition coefficient (Wildman–Crippen LogP) is 3.32. The van der Waals surface area contributed by atoms with Crippen molar-refractivity contribution in [1.82, 2.24) is 0 Å². The zero-order chi connectivity index (χ0) is 10.9. The van der Waals surface area contributed by atoms with Crippen LogP contribution in [0.5, 0.6) is 0 Å². The number of halogens is 6. The Kier molecular flexibility index (Phi) is 3.47. The Balaban J connectivity index is 3.43. The largest absolute Gasteiger partial charge is 0.203 e. The van der Waals surface area contributed by atoms with Crippen LogP contribution < -0.4 is 0 Å². The Labute approximate surface area is 84.9 Å². The number of benzene rings is 1. The summed E-state index contributed by atoms with van der Waals surface area (Å²) in [5, 5.41) is 0.116. The Morgan fingerprint density at radius 1 is 0.714 bits per heavy atom. The van der Waals surface area contributed by atoms with Crippen molar-refractivity contribution in [2.75, 3.05) is 5.33 Å². The lowest BCUT2D eigenvalue weighted by Crippen LogP contribution is -2.07. The van der Waals surface area contributed by atoms with Crippen LogP contribution in [-0.2, 0) is 6.42 Å². The highest BCUT2D eigenvalue weighted by Crippen LogP contribution is 2.23. The maximum Gasteiger partial charge on any atom is 0.200 e. The van der Waals surface area contributed by atoms with Gasteiger partial charge in [-0.15, -0.1) is 0 Å². The summed E-state index contributed by atoms with van der Waals surface area (Å²) in [7, 11) is 0. The zero-order valence-electron chi connectivity index (χ0n) is 6.68. The summed E-state index contributed by atoms with van der Waals surface area (Å²) < 4.78 is 63.3. The molecule has 0 fully saturated rings. The average Bonchev–Trinajstić information content (AvgIpc) is 2.19. The molecule has 78 valence electrons. The number of hydrogen-bond donors (Lipinski definition) is 0. The Bertz CT molecular complexity index is 334. The SMILES string of the molecule is Fc1c(F)c(F)c(CCBr)c(F)c1F. The second-order valence-electron chi connectivity index (χ2n) is 2.49. The fourth-order valence-corrected chi connectivity index (χ4v) is 1.36. The van der Waals surface area contributed by atoms with Gasteiger partial charge in [0.1, 0.15) is 0 Å². The lowest BCUT2D eigenvalue weighted by Gasteiger charge is -2.05. The molecule has 0 aliphatic rings. The van der Waals surface area contributed by atoms with E-state index in [1.165, 1.54) is 0 Å². The van der Waals surface area contributed by atoms with Crippen LogP contribution in [0, 0.1) is 29.1 Å². The van der Waals surface area contributed by atoms with Gasteiger partial charge in [0.2, 0.25) is 5.82 Å². The highest BCUT2D eigenvalue weighted by molar-refractivity contribution is 9.09. The average molecular weight is 275 g/mol. The molecule has 0 saturated carbocycles. The van der Waals surface area contributed by atoms with E-state index in [0.29, 0.717) is 0 Å². The van der Waals surface area contributed by atoms with Crippen LogP contribution in [0.1, 0.15) is 5.56 Å². The number of rotatable bonds is 2. The van der Waals surface area contributed by atoms with E-state index < -0.39 is 34.6 Å². The van der Waals surface area contributed by atoms with Crippen LogP contribution in [0.25, 0.3) is 0 Å². The summed E-state index contributed by atoms with van der Waals surface area (Å²) in [5.74, 6) is -9.46. The van der Waals surface area contributed by atoms with E-state index in [0.717, 1.165) is 0 Å². The third kappa shape index (κ3) is 1.75. The van der Waals surface area contributed by atoms with E-state index in [4.69, 9.17) is 0 Å². The normalized spacial score (nSPS) is 10.7. The van der Waals surface area contributed by atoms with Crippen molar-refractivity contribution in [2.45, 2.75) is 6.42 Å². The van der Waals surface area contributed by atoms with E-state index >= 15 is 0 Å². The van der Waals surface area contributed by atoms with Gasteiger partial charge in [-0.1, -0.05) is 15.9 Å². The summed E-state index contributed by atoms with van der Waals surface area (Å²) in [6.45, 7) is 0. The Hall–Kier alpha value is -0.650. The topological polar surface area (TPSA) is 0 Å². The molecule has 0 spiro atoms. The molecule has 1 aromatic carbocycles. The smallest absolute Gasteiger partial charge is 0.200 e. The van der Waals surface area contributed by atoms with Gasteiger partial charge in [-0.2, -0.15) is 0 Å². The summed E-state index contributed by atoms with van der Waals surface area (Å²) in [6, 6.07) is 0. The highest BCUT2D eigenvalue weighted by Gasteiger charge is 2.24. The van der Waals surface area contributed by atoms with Gasteiger partial charge in [0, 0.05) is 10.9 Å². The van der Waals surface area contributed by atoms with Gasteiger partial charge in [-0.05, 0) is 6.42 Å². The first-order valence-corrected chi connectivity index (χ1v) is 4.69. The molecular formula is C8H4BrF5. The van der Waals surface area contributed by atoms with Crippen LogP contribution in [0.2, 0.25) is 0 Å². The van der Waals surface area contributed by atoms with Gasteiger partial charge in [-0.3, -0.25) is 0 Å². The lowest BCUT2D eigenvalue weighted by molar-refractivity contribution is 0.371. The van der Waals surface area contributed by atoms with Crippen molar-refractivity contribution in [1.29, 1.82) is 0 Å². The second kappa shape index (κ2) is 4.25. The van der Waals surface area contributed by atoms with Crippen molar-refractivity contribution in [3.63, 3.8) is 0 Å². The van der Waals surface area contributed by atoms with Crippen LogP contribution in [0.15, 0.2) is 0 Å². The molecule has 0 N–H and O–H groups in total. The third-order valence-electron chi connectivity index (χ3n) is 1.65. The molecule has 1 aromatic rings. The van der Waals surface area contributed by atoms with Crippen molar-refractivity contribution in [2.24, 2.45) is 0 Å². The summed E-state index contributed by atoms with van der Waals surface area (Å²) in [5.41, 5.74) is -0.793. The van der Waals surface area contributed by atoms with Crippen molar-refractivity contribution >= 4 is 15.9 Å². The highest BCUT2D eigenvalue weighted by atomic mass is 79.9. The van der Waals surface area contributed by atoms with Gasteiger partial charge in [0.15, 0.2) is 23.3 Å². The van der Waals surface area contributed by atoms with Crippen molar-refractivity contribution in [3.05, 3.63) is 34.6 Å². The number of alkyl halides is 1. The second-order valence-corrected chi connectivity index (χ2v) is 3.28. The molecule has 6 heteroatoms. The van der Waals surface area contributed by atoms with Crippen LogP contribution in [-0.4, -0.2) is 5.33 Å². The molecule has 0 bridgehead atoms. The fraction of sp³-hybridized carbons (Fsp3) is 0.250. The molecule has 0 aliphatic heterocycles. The van der Waals surface area contributed by atoms with Crippen LogP contribution in [0.3, 0.4) is 0 Å². The molecule has 0 saturated heterocycles. The third-order valence-corrected chi connectivity index (χ3v) is 2.04. The van der Waals surface area contributed by atoms with Gasteiger partial charge >= 0.3 is 0 Å². The monoisotopic (exact) mass is 274 g/mol. The van der Waals surface area contributed by atoms with Crippen molar-refractivity contribution in [3.8, 4) is 0 Å². The van der Waals surface area contributed by atoms with E-state index in [9.17, 15) is 22.0 Å². The van der Waals surface area contributed by atoms with Crippen LogP contribution >= 0.6 is 15.9 Å². The molecule has 0 amide bonds. The molecule has 0 unspecified atom stereocenters. The minimum Gasteiger partial charge on any atom is -0.203 e. The van der Waals surface area contributed by atoms with Gasteiger partial charge in [0.05, 0.1) is 0 Å². The molecule has 0 atom stereocenters. The maximum atomic E-state index is 12.8. The first kappa shape index (κ1) is 11.4. The zero-order valence-corrected chi connectivity index (χ0v) is 8.27. The predicted molar refractivity (Wildman–Crippen MR) is 43.7 cm³/mol. The van der Waals surface area contributed by atoms with E-state index in [2.05, 4.69) is 15.9 Å². The molecule has 14 heavy (non-hydrogen) atoms. The maximum absolute atomic E-state index is 12.8. The molecule has 1 rings (SSSR count). The minimum atomic E-state index is -2.13. The molecule has 0 aliphatic carbocycles. The summed E-state index contributed by atoms with van der Waals surface area (Å²) in [6.07, 6.45) is -0.258. The van der Waals surface area contributed by atoms with E-state index in [1.54, 1.807) is 0 Å². The standard InChI is InChI=1S/C8H4BrF5/c9-2-1-3-4(10)6(12)8(14)7(13)5(3)11/h1-2H2. The molecule has 0 aromatic heterocycles. The summed E-state index contributed by atoms with van der Waals surface area (Å²) >= 11 is 2.85. The van der Waals surface area contributed by atoms with E-state index in [1.807, 2.05) is 0 Å². The Morgan fingerprint density at radius 2 is 1.07 bits per heavy atom. The lowest BCUT2D eigenvalue weighted by atomic mass is 10.1. The van der Waals surface area contributed by atoms with Gasteiger partial charge in [-0.25, -0.2) is 22.0 Å². The quantitative estimate of drug-likeness (QED) is 0.336. The first-order chi connectivity index (χ1) is 6.50. The molecule has 0 nitrogen and oxygen atoms in total. The first-order valence-electron chi connectivity index (χ1n) is 3.57. The molecule has 0 heterocycles. The van der Waals surface area contributed by atoms with Gasteiger partial charge in [0.25, 0.3) is 0 Å². The van der Waals surface area contributed by atoms with E-state index in [-0.39, 0.29) is 11.8 Å². The molecule has 0 radical (unpaired) electrons. The van der Waals surface area contributed by atoms with Crippen LogP contribution in [0.4, 0.5) is 22.0 Å². The summed E-state index contributed by atoms with van der Waals surface area (Å²) in [4.78, 5) is 0. The Morgan fingerprint density at radius 3 is 1.43 bits per heavy atom. The molecular weight excluding hydrogens is 271 g/mol. The number of hydrogen-bond acceptors (Lipinski definition) is 0. The van der Waals surface area contributed by atoms with Gasteiger partial charge < -0.3 is 0 Å². The fourth-order valence-electron chi connectivity index (χ4n) is 0.964.